The molecule has 0 saturated carbocycles. The second-order valence-corrected chi connectivity index (χ2v) is 3.04. The van der Waals surface area contributed by atoms with E-state index in [0.717, 1.165) is 0 Å². The quantitative estimate of drug-likeness (QED) is 0.312. The van der Waals surface area contributed by atoms with Crippen LogP contribution in [-0.2, 0) is 0 Å². The Balaban J connectivity index is 3.90. The van der Waals surface area contributed by atoms with Gasteiger partial charge in [0, 0.05) is 5.54 Å². The third-order valence-corrected chi connectivity index (χ3v) is 2.04. The number of nitrogens with one attached hydrogen (secondary N) is 2. The lowest BCUT2D eigenvalue weighted by molar-refractivity contribution is 0.308. The molecule has 0 aromatic rings. The summed E-state index contributed by atoms with van der Waals surface area (Å²) in [5.74, 6) is 4.84. The lowest BCUT2D eigenvalue weighted by Crippen LogP contribution is -2.51. The number of hydrogen-bond acceptors (Lipinski definition) is 3. The van der Waals surface area contributed by atoms with Crippen LogP contribution in [0.25, 0.3) is 0 Å². The monoisotopic (exact) mass is 159 g/mol. The molecule has 0 radical (unpaired) electrons. The van der Waals surface area contributed by atoms with Crippen molar-refractivity contribution < 1.29 is 0 Å². The van der Waals surface area contributed by atoms with Crippen LogP contribution in [0.3, 0.4) is 0 Å². The molecule has 0 spiro atoms. The number of likely N-dealkylation sites (N-methyl/N-ethyl adjacent to an activating group) is 1. The van der Waals surface area contributed by atoms with Crippen LogP contribution in [0, 0.1) is 0 Å². The van der Waals surface area contributed by atoms with Crippen molar-refractivity contribution in [3.8, 4) is 0 Å². The van der Waals surface area contributed by atoms with Crippen molar-refractivity contribution in [2.45, 2.75) is 32.4 Å². The molecule has 5 heteroatoms. The van der Waals surface area contributed by atoms with Crippen LogP contribution in [0.2, 0.25) is 0 Å². The van der Waals surface area contributed by atoms with Crippen molar-refractivity contribution in [2.24, 2.45) is 16.3 Å². The number of hydrogen-bond donors (Lipinski definition) is 3. The van der Waals surface area contributed by atoms with E-state index in [-0.39, 0.29) is 11.6 Å². The van der Waals surface area contributed by atoms with Gasteiger partial charge in [-0.05, 0) is 27.8 Å². The fourth-order valence-corrected chi connectivity index (χ4v) is 0.498. The Morgan fingerprint density at radius 2 is 2.00 bits per heavy atom. The molecule has 0 fully saturated rings. The van der Waals surface area contributed by atoms with Crippen molar-refractivity contribution in [3.63, 3.8) is 0 Å². The van der Waals surface area contributed by atoms with Crippen LogP contribution < -0.4 is 16.6 Å². The fourth-order valence-electron chi connectivity index (χ4n) is 0.498. The predicted molar refractivity (Wildman–Crippen MR) is 44.8 cm³/mol. The fraction of sp³-hybridized carbons (Fsp3) is 1.00. The maximum Gasteiger partial charge on any atom is 0.0605 e. The molecule has 0 rings (SSSR count). The largest absolute Gasteiger partial charge is 0.313 e. The van der Waals surface area contributed by atoms with E-state index in [0.29, 0.717) is 0 Å². The topological polar surface area (TPSA) is 74.8 Å². The van der Waals surface area contributed by atoms with E-state index in [1.807, 2.05) is 14.0 Å². The van der Waals surface area contributed by atoms with Gasteiger partial charge in [0.05, 0.1) is 6.04 Å². The molecule has 11 heavy (non-hydrogen) atoms. The Bertz CT molecular complexity index is 131. The zero-order chi connectivity index (χ0) is 8.91. The lowest BCUT2D eigenvalue weighted by Gasteiger charge is -2.30. The van der Waals surface area contributed by atoms with Gasteiger partial charge in [-0.15, -0.1) is 0 Å². The van der Waals surface area contributed by atoms with Crippen molar-refractivity contribution in [2.75, 3.05) is 7.05 Å². The highest BCUT2D eigenvalue weighted by Crippen LogP contribution is 2.06. The summed E-state index contributed by atoms with van der Waals surface area (Å²) in [5.41, 5.74) is 2.77. The van der Waals surface area contributed by atoms with Gasteiger partial charge in [0.2, 0.25) is 0 Å². The summed E-state index contributed by atoms with van der Waals surface area (Å²) >= 11 is 0. The Labute approximate surface area is 67.4 Å². The van der Waals surface area contributed by atoms with Gasteiger partial charge < -0.3 is 11.2 Å². The second kappa shape index (κ2) is 4.12. The molecule has 4 N–H and O–H groups in total. The maximum atomic E-state index is 4.84. The minimum atomic E-state index is -0.0197. The first kappa shape index (κ1) is 10.2. The molecule has 0 aliphatic rings. The average Bonchev–Trinajstić information content (AvgIpc) is 2.00. The minimum absolute atomic E-state index is 0.0197. The van der Waals surface area contributed by atoms with Gasteiger partial charge >= 0.3 is 0 Å². The predicted octanol–water partition coefficient (Wildman–Crippen LogP) is 0.203. The molecule has 0 aromatic carbocycles. The van der Waals surface area contributed by atoms with E-state index in [9.17, 15) is 0 Å². The molecule has 0 saturated heterocycles. The zero-order valence-corrected chi connectivity index (χ0v) is 7.55. The van der Waals surface area contributed by atoms with Crippen molar-refractivity contribution in [3.05, 3.63) is 0 Å². The summed E-state index contributed by atoms with van der Waals surface area (Å²) < 4.78 is 0. The molecule has 0 bridgehead atoms. The summed E-state index contributed by atoms with van der Waals surface area (Å²) in [5, 5.41) is 9.75. The molecule has 5 nitrogen and oxygen atoms in total. The van der Waals surface area contributed by atoms with E-state index < -0.39 is 0 Å². The normalized spacial score (nSPS) is 15.3. The standard InChI is InChI=1S/C6H17N5/c1-5(9-11-10-7)6(2,3)8-4/h5,8H,1-4H3,(H2,7,11)(H,9,10). The summed E-state index contributed by atoms with van der Waals surface area (Å²) in [6, 6.07) is 0.180. The lowest BCUT2D eigenvalue weighted by atomic mass is 9.97. The average molecular weight is 159 g/mol. The van der Waals surface area contributed by atoms with Gasteiger partial charge in [-0.25, -0.2) is 0 Å². The van der Waals surface area contributed by atoms with Gasteiger partial charge in [0.1, 0.15) is 0 Å². The van der Waals surface area contributed by atoms with Gasteiger partial charge in [-0.2, -0.15) is 0 Å². The van der Waals surface area contributed by atoms with E-state index in [1.165, 1.54) is 0 Å². The highest BCUT2D eigenvalue weighted by Gasteiger charge is 2.22. The van der Waals surface area contributed by atoms with Gasteiger partial charge in [0.25, 0.3) is 0 Å². The molecule has 0 aromatic heterocycles. The molecule has 0 aliphatic carbocycles. The highest BCUT2D eigenvalue weighted by molar-refractivity contribution is 4.85. The van der Waals surface area contributed by atoms with E-state index >= 15 is 0 Å². The molecular formula is C6H17N5. The molecule has 1 unspecified atom stereocenters. The first-order valence-electron chi connectivity index (χ1n) is 3.59. The zero-order valence-electron chi connectivity index (χ0n) is 7.55. The van der Waals surface area contributed by atoms with Crippen LogP contribution in [0.4, 0.5) is 0 Å². The van der Waals surface area contributed by atoms with E-state index in [2.05, 4.69) is 35.0 Å². The minimum Gasteiger partial charge on any atom is -0.313 e. The number of rotatable bonds is 4. The summed E-state index contributed by atoms with van der Waals surface area (Å²) in [6.45, 7) is 6.14. The van der Waals surface area contributed by atoms with Crippen LogP contribution in [0.1, 0.15) is 20.8 Å². The summed E-state index contributed by atoms with van der Waals surface area (Å²) in [7, 11) is 1.90. The molecule has 0 amide bonds. The molecule has 0 heterocycles. The summed E-state index contributed by atoms with van der Waals surface area (Å²) in [4.78, 5) is 0. The van der Waals surface area contributed by atoms with Crippen LogP contribution in [-0.4, -0.2) is 18.6 Å². The molecular weight excluding hydrogens is 142 g/mol. The Hall–Kier alpha value is -0.840. The third-order valence-electron chi connectivity index (χ3n) is 2.04. The first-order valence-corrected chi connectivity index (χ1v) is 3.59. The number of nitrogens with zero attached hydrogens (tertiary/aromatic N) is 2. The van der Waals surface area contributed by atoms with Gasteiger partial charge in [0.15, 0.2) is 0 Å². The Morgan fingerprint density at radius 3 is 2.36 bits per heavy atom. The van der Waals surface area contributed by atoms with E-state index in [1.54, 1.807) is 0 Å². The smallest absolute Gasteiger partial charge is 0.0605 e. The SMILES string of the molecule is CNC(C)(C)C(C)N/N=N\N. The Kier molecular flexibility index (Phi) is 3.81. The van der Waals surface area contributed by atoms with Crippen molar-refractivity contribution in [1.82, 2.24) is 10.7 Å². The molecule has 66 valence electrons. The molecule has 1 atom stereocenters. The van der Waals surface area contributed by atoms with Gasteiger partial charge in [-0.1, -0.05) is 10.4 Å². The molecule has 0 aliphatic heterocycles. The summed E-state index contributed by atoms with van der Waals surface area (Å²) in [6.07, 6.45) is 0. The maximum absolute atomic E-state index is 4.84. The van der Waals surface area contributed by atoms with Crippen LogP contribution in [0.5, 0.6) is 0 Å². The second-order valence-electron chi connectivity index (χ2n) is 3.04. The van der Waals surface area contributed by atoms with Gasteiger partial charge in [-0.3, -0.25) is 5.43 Å². The van der Waals surface area contributed by atoms with Crippen LogP contribution >= 0.6 is 0 Å². The highest BCUT2D eigenvalue weighted by atomic mass is 15.5. The van der Waals surface area contributed by atoms with Crippen molar-refractivity contribution >= 4 is 0 Å². The van der Waals surface area contributed by atoms with E-state index in [4.69, 9.17) is 5.84 Å². The van der Waals surface area contributed by atoms with Crippen molar-refractivity contribution in [1.29, 1.82) is 0 Å². The third kappa shape index (κ3) is 3.18. The first-order chi connectivity index (χ1) is 5.04. The number of nitrogens with two attached hydrogens (primary N) is 1. The Morgan fingerprint density at radius 1 is 1.45 bits per heavy atom. The van der Waals surface area contributed by atoms with Crippen LogP contribution in [0.15, 0.2) is 10.4 Å².